The van der Waals surface area contributed by atoms with Gasteiger partial charge in [0, 0.05) is 23.5 Å². The number of alkyl halides is 3. The van der Waals surface area contributed by atoms with E-state index in [9.17, 15) is 18.0 Å². The fraction of sp³-hybridized carbons (Fsp3) is 0.200. The first-order chi connectivity index (χ1) is 16.8. The highest BCUT2D eigenvalue weighted by Gasteiger charge is 2.36. The number of amides is 1. The minimum Gasteiger partial charge on any atom is -0.494 e. The molecule has 0 bridgehead atoms. The van der Waals surface area contributed by atoms with Gasteiger partial charge in [-0.15, -0.1) is 0 Å². The van der Waals surface area contributed by atoms with Crippen LogP contribution in [0.1, 0.15) is 35.8 Å². The lowest BCUT2D eigenvalue weighted by Gasteiger charge is -2.11. The molecule has 0 aliphatic heterocycles. The van der Waals surface area contributed by atoms with E-state index in [1.807, 2.05) is 0 Å². The molecule has 1 aromatic carbocycles. The number of hydrogen-bond donors (Lipinski definition) is 1. The number of anilines is 1. The second-order valence-electron chi connectivity index (χ2n) is 7.66. The molecule has 0 aliphatic carbocycles. The lowest BCUT2D eigenvalue weighted by molar-refractivity contribution is -0.142. The molecule has 35 heavy (non-hydrogen) atoms. The number of ether oxygens (including phenoxy) is 1. The Hall–Kier alpha value is -4.21. The van der Waals surface area contributed by atoms with Gasteiger partial charge in [0.1, 0.15) is 5.75 Å². The zero-order valence-corrected chi connectivity index (χ0v) is 18.8. The summed E-state index contributed by atoms with van der Waals surface area (Å²) in [6, 6.07) is 13.8. The predicted molar refractivity (Wildman–Crippen MR) is 124 cm³/mol. The maximum atomic E-state index is 13.7. The molecule has 1 N–H and O–H groups in total. The summed E-state index contributed by atoms with van der Waals surface area (Å²) in [6.45, 7) is 2.62. The van der Waals surface area contributed by atoms with Gasteiger partial charge in [0.15, 0.2) is 11.5 Å². The Balaban J connectivity index is 1.53. The first kappa shape index (κ1) is 23.9. The summed E-state index contributed by atoms with van der Waals surface area (Å²) in [5.74, 6) is 0.147. The molecular formula is C25H22F3N5O2. The number of pyridine rings is 2. The van der Waals surface area contributed by atoms with E-state index in [0.717, 1.165) is 23.6 Å². The molecule has 3 heterocycles. The normalized spacial score (nSPS) is 11.3. The average Bonchev–Trinajstić information content (AvgIpc) is 3.32. The molecule has 0 atom stereocenters. The van der Waals surface area contributed by atoms with Crippen LogP contribution in [0.3, 0.4) is 0 Å². The number of nitrogens with one attached hydrogen (secondary N) is 1. The summed E-state index contributed by atoms with van der Waals surface area (Å²) in [5.41, 5.74) is 0.299. The summed E-state index contributed by atoms with van der Waals surface area (Å²) < 4.78 is 47.3. The molecule has 4 aromatic rings. The molecule has 0 unspecified atom stereocenters. The summed E-state index contributed by atoms with van der Waals surface area (Å²) in [7, 11) is 0. The van der Waals surface area contributed by atoms with Crippen LogP contribution in [0.4, 0.5) is 18.9 Å². The van der Waals surface area contributed by atoms with Crippen molar-refractivity contribution in [2.75, 3.05) is 11.9 Å². The Bertz CT molecular complexity index is 1290. The van der Waals surface area contributed by atoms with Crippen LogP contribution in [0, 0.1) is 0 Å². The first-order valence-corrected chi connectivity index (χ1v) is 10.9. The van der Waals surface area contributed by atoms with Gasteiger partial charge in [0.25, 0.3) is 5.91 Å². The van der Waals surface area contributed by atoms with Crippen molar-refractivity contribution in [1.82, 2.24) is 19.7 Å². The van der Waals surface area contributed by atoms with Crippen LogP contribution >= 0.6 is 0 Å². The lowest BCUT2D eigenvalue weighted by atomic mass is 10.2. The number of carbonyl (C=O) groups excluding carboxylic acids is 1. The molecule has 0 saturated heterocycles. The Morgan fingerprint density at radius 3 is 2.63 bits per heavy atom. The average molecular weight is 481 g/mol. The van der Waals surface area contributed by atoms with Crippen molar-refractivity contribution in [3.05, 3.63) is 84.4 Å². The Labute approximate surface area is 199 Å². The van der Waals surface area contributed by atoms with Gasteiger partial charge in [-0.1, -0.05) is 19.4 Å². The lowest BCUT2D eigenvalue weighted by Crippen LogP contribution is -2.15. The number of unbranched alkanes of at least 4 members (excludes halogenated alkanes) is 1. The second kappa shape index (κ2) is 10.4. The number of nitrogens with zero attached hydrogens (tertiary/aromatic N) is 4. The summed E-state index contributed by atoms with van der Waals surface area (Å²) in [4.78, 5) is 20.6. The van der Waals surface area contributed by atoms with Crippen molar-refractivity contribution in [1.29, 1.82) is 0 Å². The van der Waals surface area contributed by atoms with E-state index >= 15 is 0 Å². The minimum atomic E-state index is -4.65. The molecule has 10 heteroatoms. The van der Waals surface area contributed by atoms with E-state index < -0.39 is 17.8 Å². The van der Waals surface area contributed by atoms with Gasteiger partial charge < -0.3 is 10.1 Å². The van der Waals surface area contributed by atoms with Crippen LogP contribution in [-0.4, -0.2) is 32.3 Å². The Morgan fingerprint density at radius 1 is 1.09 bits per heavy atom. The largest absolute Gasteiger partial charge is 0.494 e. The fourth-order valence-electron chi connectivity index (χ4n) is 3.26. The maximum absolute atomic E-state index is 13.7. The number of benzene rings is 1. The van der Waals surface area contributed by atoms with E-state index in [1.165, 1.54) is 30.7 Å². The van der Waals surface area contributed by atoms with Crippen LogP contribution in [-0.2, 0) is 6.18 Å². The predicted octanol–water partition coefficient (Wildman–Crippen LogP) is 5.78. The van der Waals surface area contributed by atoms with Crippen LogP contribution in [0.5, 0.6) is 5.75 Å². The van der Waals surface area contributed by atoms with Crippen LogP contribution in [0.2, 0.25) is 0 Å². The number of halogens is 3. The van der Waals surface area contributed by atoms with Gasteiger partial charge in [-0.25, -0.2) is 9.67 Å². The van der Waals surface area contributed by atoms with E-state index in [-0.39, 0.29) is 11.5 Å². The zero-order chi connectivity index (χ0) is 24.8. The van der Waals surface area contributed by atoms with Crippen molar-refractivity contribution in [2.45, 2.75) is 25.9 Å². The number of hydrogen-bond acceptors (Lipinski definition) is 5. The second-order valence-corrected chi connectivity index (χ2v) is 7.66. The summed E-state index contributed by atoms with van der Waals surface area (Å²) in [6.07, 6.45) is 1.49. The minimum absolute atomic E-state index is 0.0446. The van der Waals surface area contributed by atoms with E-state index in [1.54, 1.807) is 36.4 Å². The van der Waals surface area contributed by atoms with Gasteiger partial charge in [-0.05, 0) is 55.0 Å². The van der Waals surface area contributed by atoms with Gasteiger partial charge in [-0.2, -0.15) is 18.3 Å². The fourth-order valence-corrected chi connectivity index (χ4v) is 3.26. The molecule has 0 spiro atoms. The van der Waals surface area contributed by atoms with Gasteiger partial charge >= 0.3 is 6.18 Å². The number of rotatable bonds is 8. The number of aromatic nitrogens is 4. The van der Waals surface area contributed by atoms with E-state index in [0.29, 0.717) is 29.2 Å². The molecule has 0 aliphatic rings. The van der Waals surface area contributed by atoms with E-state index in [4.69, 9.17) is 4.74 Å². The van der Waals surface area contributed by atoms with Gasteiger partial charge in [0.05, 0.1) is 24.2 Å². The first-order valence-electron chi connectivity index (χ1n) is 10.9. The maximum Gasteiger partial charge on any atom is 0.433 e. The van der Waals surface area contributed by atoms with Crippen molar-refractivity contribution >= 4 is 11.6 Å². The van der Waals surface area contributed by atoms with Crippen LogP contribution in [0.25, 0.3) is 17.1 Å². The van der Waals surface area contributed by atoms with Crippen molar-refractivity contribution in [2.24, 2.45) is 0 Å². The van der Waals surface area contributed by atoms with Crippen molar-refractivity contribution in [3.8, 4) is 22.8 Å². The molecule has 0 fully saturated rings. The molecule has 0 saturated carbocycles. The van der Waals surface area contributed by atoms with Crippen molar-refractivity contribution < 1.29 is 22.7 Å². The Morgan fingerprint density at radius 2 is 1.94 bits per heavy atom. The molecule has 3 aromatic heterocycles. The summed E-state index contributed by atoms with van der Waals surface area (Å²) >= 11 is 0. The highest BCUT2D eigenvalue weighted by Crippen LogP contribution is 2.33. The quantitative estimate of drug-likeness (QED) is 0.323. The monoisotopic (exact) mass is 481 g/mol. The molecular weight excluding hydrogens is 459 g/mol. The van der Waals surface area contributed by atoms with Crippen molar-refractivity contribution in [3.63, 3.8) is 0 Å². The topological polar surface area (TPSA) is 81.9 Å². The van der Waals surface area contributed by atoms with Gasteiger partial charge in [0.2, 0.25) is 0 Å². The van der Waals surface area contributed by atoms with Crippen LogP contribution < -0.4 is 10.1 Å². The molecule has 7 nitrogen and oxygen atoms in total. The molecule has 1 amide bonds. The smallest absolute Gasteiger partial charge is 0.433 e. The number of carbonyl (C=O) groups is 1. The van der Waals surface area contributed by atoms with Crippen LogP contribution in [0.15, 0.2) is 73.2 Å². The molecule has 0 radical (unpaired) electrons. The highest BCUT2D eigenvalue weighted by atomic mass is 19.4. The standard InChI is InChI=1S/C25H22F3N5O2/c1-2-3-12-35-20-8-4-6-17(13-20)24(34)31-19-9-10-23(30-16-19)33-22(25(26,27)28)14-21(32-33)18-7-5-11-29-15-18/h4-11,13-16H,2-3,12H2,1H3,(H,31,34). The SMILES string of the molecule is CCCCOc1cccc(C(=O)Nc2ccc(-n3nc(-c4cccnc4)cc3C(F)(F)F)nc2)c1. The molecule has 4 rings (SSSR count). The summed E-state index contributed by atoms with van der Waals surface area (Å²) in [5, 5.41) is 6.78. The zero-order valence-electron chi connectivity index (χ0n) is 18.8. The molecule has 180 valence electrons. The third-order valence-electron chi connectivity index (χ3n) is 5.04. The third-order valence-corrected chi connectivity index (χ3v) is 5.04. The van der Waals surface area contributed by atoms with Gasteiger partial charge in [-0.3, -0.25) is 9.78 Å². The third kappa shape index (κ3) is 5.84. The van der Waals surface area contributed by atoms with E-state index in [2.05, 4.69) is 27.3 Å². The highest BCUT2D eigenvalue weighted by molar-refractivity contribution is 6.04. The Kier molecular flexibility index (Phi) is 7.09.